The molecule has 0 bridgehead atoms. The van der Waals surface area contributed by atoms with Crippen molar-refractivity contribution in [2.24, 2.45) is 28.6 Å². The molecule has 0 aromatic carbocycles. The maximum atomic E-state index is 10.5. The first kappa shape index (κ1) is 16.1. The van der Waals surface area contributed by atoms with Crippen LogP contribution in [0.3, 0.4) is 0 Å². The van der Waals surface area contributed by atoms with Gasteiger partial charge in [0.2, 0.25) is 0 Å². The zero-order valence-corrected chi connectivity index (χ0v) is 14.2. The third kappa shape index (κ3) is 2.05. The van der Waals surface area contributed by atoms with Crippen LogP contribution in [-0.2, 0) is 0 Å². The van der Waals surface area contributed by atoms with Gasteiger partial charge in [0.1, 0.15) is 0 Å². The first-order chi connectivity index (χ1) is 10.8. The Morgan fingerprint density at radius 2 is 1.74 bits per heavy atom. The first-order valence-electron chi connectivity index (χ1n) is 9.19. The molecule has 3 saturated carbocycles. The Morgan fingerprint density at radius 3 is 2.48 bits per heavy atom. The second-order valence-corrected chi connectivity index (χ2v) is 9.09. The van der Waals surface area contributed by atoms with Gasteiger partial charge in [-0.3, -0.25) is 0 Å². The number of hydrogen-bond acceptors (Lipinski definition) is 4. The van der Waals surface area contributed by atoms with Crippen molar-refractivity contribution in [3.05, 3.63) is 11.6 Å². The fourth-order valence-electron chi connectivity index (χ4n) is 6.68. The number of rotatable bonds is 0. The summed E-state index contributed by atoms with van der Waals surface area (Å²) in [5.41, 5.74) is 1.11. The molecule has 23 heavy (non-hydrogen) atoms. The molecule has 0 aliphatic heterocycles. The summed E-state index contributed by atoms with van der Waals surface area (Å²) in [6.07, 6.45) is 4.71. The number of aliphatic hydroxyl groups is 4. The maximum Gasteiger partial charge on any atom is 0.0855 e. The van der Waals surface area contributed by atoms with Crippen molar-refractivity contribution in [1.29, 1.82) is 0 Å². The normalized spacial score (nSPS) is 58.9. The van der Waals surface area contributed by atoms with Gasteiger partial charge in [-0.2, -0.15) is 0 Å². The van der Waals surface area contributed by atoms with Gasteiger partial charge in [-0.25, -0.2) is 0 Å². The Bertz CT molecular complexity index is 531. The second kappa shape index (κ2) is 5.04. The minimum absolute atomic E-state index is 0.0403. The van der Waals surface area contributed by atoms with Gasteiger partial charge in [0.05, 0.1) is 24.4 Å². The lowest BCUT2D eigenvalue weighted by Gasteiger charge is -2.58. The van der Waals surface area contributed by atoms with E-state index in [0.29, 0.717) is 37.0 Å². The highest BCUT2D eigenvalue weighted by atomic mass is 16.3. The number of fused-ring (bicyclic) bond motifs is 5. The smallest absolute Gasteiger partial charge is 0.0855 e. The fraction of sp³-hybridized carbons (Fsp3) is 0.895. The molecule has 4 aliphatic rings. The molecular weight excluding hydrogens is 292 g/mol. The van der Waals surface area contributed by atoms with E-state index in [1.807, 2.05) is 0 Å². The molecule has 130 valence electrons. The molecule has 4 unspecified atom stereocenters. The summed E-state index contributed by atoms with van der Waals surface area (Å²) in [4.78, 5) is 0. The Labute approximate surface area is 138 Å². The minimum Gasteiger partial charge on any atom is -0.390 e. The third-order valence-corrected chi connectivity index (χ3v) is 8.11. The topological polar surface area (TPSA) is 80.9 Å². The molecule has 0 aromatic heterocycles. The first-order valence-corrected chi connectivity index (χ1v) is 9.19. The van der Waals surface area contributed by atoms with E-state index < -0.39 is 24.4 Å². The van der Waals surface area contributed by atoms with Gasteiger partial charge in [0.25, 0.3) is 0 Å². The van der Waals surface area contributed by atoms with Crippen molar-refractivity contribution in [2.75, 3.05) is 0 Å². The Balaban J connectivity index is 1.69. The maximum absolute atomic E-state index is 10.5. The number of aliphatic hydroxyl groups excluding tert-OH is 4. The van der Waals surface area contributed by atoms with Gasteiger partial charge in [-0.1, -0.05) is 25.5 Å². The lowest BCUT2D eigenvalue weighted by atomic mass is 9.47. The molecule has 4 aliphatic carbocycles. The highest BCUT2D eigenvalue weighted by Gasteiger charge is 2.61. The van der Waals surface area contributed by atoms with Crippen molar-refractivity contribution in [3.63, 3.8) is 0 Å². The van der Waals surface area contributed by atoms with E-state index in [-0.39, 0.29) is 10.8 Å². The molecule has 0 aromatic rings. The van der Waals surface area contributed by atoms with E-state index in [2.05, 4.69) is 19.9 Å². The number of allylic oxidation sites excluding steroid dienone is 1. The van der Waals surface area contributed by atoms with Crippen LogP contribution in [0.5, 0.6) is 0 Å². The van der Waals surface area contributed by atoms with Crippen LogP contribution in [-0.4, -0.2) is 44.8 Å². The molecule has 0 heterocycles. The van der Waals surface area contributed by atoms with Gasteiger partial charge < -0.3 is 20.4 Å². The van der Waals surface area contributed by atoms with E-state index in [4.69, 9.17) is 0 Å². The number of hydrogen-bond donors (Lipinski definition) is 4. The Morgan fingerprint density at radius 1 is 1.00 bits per heavy atom. The summed E-state index contributed by atoms with van der Waals surface area (Å²) in [6.45, 7) is 4.41. The summed E-state index contributed by atoms with van der Waals surface area (Å²) in [5, 5.41) is 41.0. The quantitative estimate of drug-likeness (QED) is 0.511. The van der Waals surface area contributed by atoms with Crippen molar-refractivity contribution < 1.29 is 20.4 Å². The molecule has 9 atom stereocenters. The van der Waals surface area contributed by atoms with Gasteiger partial charge in [-0.05, 0) is 67.1 Å². The molecule has 4 rings (SSSR count). The fourth-order valence-corrected chi connectivity index (χ4v) is 6.68. The van der Waals surface area contributed by atoms with Crippen LogP contribution in [0.1, 0.15) is 52.4 Å². The summed E-state index contributed by atoms with van der Waals surface area (Å²) in [7, 11) is 0. The van der Waals surface area contributed by atoms with Crippen molar-refractivity contribution in [2.45, 2.75) is 76.8 Å². The van der Waals surface area contributed by atoms with Crippen LogP contribution in [0.25, 0.3) is 0 Å². The van der Waals surface area contributed by atoms with Crippen molar-refractivity contribution in [3.8, 4) is 0 Å². The lowest BCUT2D eigenvalue weighted by molar-refractivity contribution is -0.0998. The van der Waals surface area contributed by atoms with E-state index >= 15 is 0 Å². The van der Waals surface area contributed by atoms with Crippen molar-refractivity contribution in [1.82, 2.24) is 0 Å². The molecule has 4 N–H and O–H groups in total. The predicted octanol–water partition coefficient (Wildman–Crippen LogP) is 1.61. The van der Waals surface area contributed by atoms with E-state index in [9.17, 15) is 20.4 Å². The molecule has 0 saturated heterocycles. The van der Waals surface area contributed by atoms with Gasteiger partial charge in [0.15, 0.2) is 0 Å². The van der Waals surface area contributed by atoms with Gasteiger partial charge in [-0.15, -0.1) is 0 Å². The summed E-state index contributed by atoms with van der Waals surface area (Å²) in [6, 6.07) is 0. The Kier molecular flexibility index (Phi) is 3.52. The van der Waals surface area contributed by atoms with E-state index in [1.165, 1.54) is 5.57 Å². The third-order valence-electron chi connectivity index (χ3n) is 8.11. The highest BCUT2D eigenvalue weighted by Crippen LogP contribution is 2.64. The molecular formula is C19H30O4. The SMILES string of the molecule is C[C@]12CC(O)C(O)CC1=CC[C@@H]1[C@H]2CC[C@]2(C)C(O)C(O)C[C@@H]12. The van der Waals surface area contributed by atoms with Crippen LogP contribution in [0.15, 0.2) is 11.6 Å². The van der Waals surface area contributed by atoms with Crippen molar-refractivity contribution >= 4 is 0 Å². The molecule has 4 heteroatoms. The molecule has 4 nitrogen and oxygen atoms in total. The monoisotopic (exact) mass is 322 g/mol. The second-order valence-electron chi connectivity index (χ2n) is 9.09. The molecule has 0 spiro atoms. The zero-order valence-electron chi connectivity index (χ0n) is 14.2. The summed E-state index contributed by atoms with van der Waals surface area (Å²) in [5.74, 6) is 1.31. The van der Waals surface area contributed by atoms with E-state index in [0.717, 1.165) is 19.3 Å². The lowest BCUT2D eigenvalue weighted by Crippen LogP contribution is -2.53. The van der Waals surface area contributed by atoms with Crippen LogP contribution >= 0.6 is 0 Å². The zero-order chi connectivity index (χ0) is 16.6. The average molecular weight is 322 g/mol. The Hall–Kier alpha value is -0.420. The summed E-state index contributed by atoms with van der Waals surface area (Å²) < 4.78 is 0. The van der Waals surface area contributed by atoms with Gasteiger partial charge in [0, 0.05) is 0 Å². The van der Waals surface area contributed by atoms with Gasteiger partial charge >= 0.3 is 0 Å². The standard InChI is InChI=1S/C19H30O4/c1-18-6-5-12-11(13(18)8-15(21)17(18)23)4-3-10-7-14(20)16(22)9-19(10,12)2/h3,11-17,20-23H,4-9H2,1-2H3/t11-,12-,13+,14?,15?,16?,17?,18+,19+/m1/s1. The van der Waals surface area contributed by atoms with Crippen LogP contribution in [0.4, 0.5) is 0 Å². The summed E-state index contributed by atoms with van der Waals surface area (Å²) >= 11 is 0. The van der Waals surface area contributed by atoms with E-state index in [1.54, 1.807) is 0 Å². The van der Waals surface area contributed by atoms with Crippen LogP contribution in [0, 0.1) is 28.6 Å². The molecule has 0 radical (unpaired) electrons. The predicted molar refractivity (Wildman–Crippen MR) is 86.5 cm³/mol. The largest absolute Gasteiger partial charge is 0.390 e. The molecule has 3 fully saturated rings. The minimum atomic E-state index is -0.635. The van der Waals surface area contributed by atoms with Crippen LogP contribution < -0.4 is 0 Å². The highest BCUT2D eigenvalue weighted by molar-refractivity contribution is 5.26. The van der Waals surface area contributed by atoms with Crippen LogP contribution in [0.2, 0.25) is 0 Å². The average Bonchev–Trinajstić information content (AvgIpc) is 2.73. The molecule has 0 amide bonds.